The fraction of sp³-hybridized carbons (Fsp3) is 0.857. The van der Waals surface area contributed by atoms with Gasteiger partial charge in [0.2, 0.25) is 0 Å². The molecule has 102 valence electrons. The molecule has 0 aromatic heterocycles. The van der Waals surface area contributed by atoms with E-state index in [4.69, 9.17) is 9.31 Å². The van der Waals surface area contributed by atoms with Gasteiger partial charge in [0.05, 0.1) is 11.2 Å². The standard InChI is InChI=1S/C14H24BBrO2/c1-13(2)14(3,4)18-15(17-13)10-12(16)11-8-6-5-7-9-11/h10-11H,5-9H2,1-4H3. The summed E-state index contributed by atoms with van der Waals surface area (Å²) in [6.45, 7) is 8.37. The van der Waals surface area contributed by atoms with E-state index >= 15 is 0 Å². The van der Waals surface area contributed by atoms with Crippen LogP contribution in [-0.2, 0) is 9.31 Å². The van der Waals surface area contributed by atoms with Crippen molar-refractivity contribution < 1.29 is 9.31 Å². The van der Waals surface area contributed by atoms with Crippen molar-refractivity contribution in [1.82, 2.24) is 0 Å². The van der Waals surface area contributed by atoms with E-state index in [0.717, 1.165) is 0 Å². The Hall–Kier alpha value is 0.205. The van der Waals surface area contributed by atoms with Gasteiger partial charge in [0, 0.05) is 0 Å². The summed E-state index contributed by atoms with van der Waals surface area (Å²) in [6, 6.07) is 0. The third-order valence-corrected chi connectivity index (χ3v) is 5.47. The van der Waals surface area contributed by atoms with E-state index in [1.807, 2.05) is 0 Å². The normalized spacial score (nSPS) is 28.7. The Morgan fingerprint density at radius 3 is 2.06 bits per heavy atom. The topological polar surface area (TPSA) is 18.5 Å². The predicted molar refractivity (Wildman–Crippen MR) is 79.7 cm³/mol. The number of hydrogen-bond acceptors (Lipinski definition) is 2. The molecule has 0 aromatic rings. The summed E-state index contributed by atoms with van der Waals surface area (Å²) in [6.07, 6.45) is 6.65. The van der Waals surface area contributed by atoms with E-state index in [9.17, 15) is 0 Å². The van der Waals surface area contributed by atoms with E-state index in [0.29, 0.717) is 5.92 Å². The minimum atomic E-state index is -0.242. The van der Waals surface area contributed by atoms with Gasteiger partial charge < -0.3 is 9.31 Å². The van der Waals surface area contributed by atoms with Crippen LogP contribution in [-0.4, -0.2) is 18.3 Å². The quantitative estimate of drug-likeness (QED) is 0.700. The van der Waals surface area contributed by atoms with Crippen LogP contribution in [0.2, 0.25) is 0 Å². The van der Waals surface area contributed by atoms with Gasteiger partial charge in [-0.05, 0) is 56.9 Å². The molecule has 0 aromatic carbocycles. The number of allylic oxidation sites excluding steroid dienone is 1. The maximum atomic E-state index is 6.00. The van der Waals surface area contributed by atoms with Crippen molar-refractivity contribution in [3.63, 3.8) is 0 Å². The predicted octanol–water partition coefficient (Wildman–Crippen LogP) is 4.48. The highest BCUT2D eigenvalue weighted by Gasteiger charge is 2.50. The highest BCUT2D eigenvalue weighted by atomic mass is 79.9. The van der Waals surface area contributed by atoms with Crippen LogP contribution in [0.5, 0.6) is 0 Å². The molecule has 2 fully saturated rings. The Balaban J connectivity index is 2.01. The number of hydrogen-bond donors (Lipinski definition) is 0. The maximum Gasteiger partial charge on any atom is 0.487 e. The molecule has 1 saturated heterocycles. The van der Waals surface area contributed by atoms with Crippen molar-refractivity contribution in [2.45, 2.75) is 71.0 Å². The zero-order valence-corrected chi connectivity index (χ0v) is 13.5. The fourth-order valence-electron chi connectivity index (χ4n) is 2.60. The molecule has 2 nitrogen and oxygen atoms in total. The lowest BCUT2D eigenvalue weighted by Gasteiger charge is -2.32. The molecule has 0 atom stereocenters. The maximum absolute atomic E-state index is 6.00. The second kappa shape index (κ2) is 5.30. The molecule has 1 heterocycles. The first-order valence-electron chi connectivity index (χ1n) is 7.05. The molecular formula is C14H24BBrO2. The summed E-state index contributed by atoms with van der Waals surface area (Å²) < 4.78 is 13.3. The van der Waals surface area contributed by atoms with Gasteiger partial charge in [-0.3, -0.25) is 0 Å². The van der Waals surface area contributed by atoms with Crippen LogP contribution >= 0.6 is 15.9 Å². The SMILES string of the molecule is CC1(C)OB(C=C(Br)C2CCCCC2)OC1(C)C. The molecule has 1 aliphatic heterocycles. The first kappa shape index (κ1) is 14.6. The molecular weight excluding hydrogens is 291 g/mol. The molecule has 2 aliphatic rings. The smallest absolute Gasteiger partial charge is 0.400 e. The lowest BCUT2D eigenvalue weighted by molar-refractivity contribution is 0.00578. The van der Waals surface area contributed by atoms with Crippen LogP contribution in [0.1, 0.15) is 59.8 Å². The number of rotatable bonds is 2. The molecule has 0 spiro atoms. The van der Waals surface area contributed by atoms with Crippen LogP contribution in [0.4, 0.5) is 0 Å². The Kier molecular flexibility index (Phi) is 4.30. The zero-order valence-electron chi connectivity index (χ0n) is 12.0. The average Bonchev–Trinajstić information content (AvgIpc) is 2.48. The van der Waals surface area contributed by atoms with Gasteiger partial charge in [-0.15, -0.1) is 0 Å². The van der Waals surface area contributed by atoms with Crippen molar-refractivity contribution in [2.75, 3.05) is 0 Å². The van der Waals surface area contributed by atoms with E-state index in [1.54, 1.807) is 0 Å². The van der Waals surface area contributed by atoms with E-state index in [-0.39, 0.29) is 18.3 Å². The first-order chi connectivity index (χ1) is 8.32. The van der Waals surface area contributed by atoms with Gasteiger partial charge in [0.15, 0.2) is 0 Å². The highest BCUT2D eigenvalue weighted by molar-refractivity contribution is 9.11. The molecule has 2 rings (SSSR count). The van der Waals surface area contributed by atoms with Crippen LogP contribution < -0.4 is 0 Å². The Bertz CT molecular complexity index is 317. The molecule has 1 saturated carbocycles. The second-order valence-electron chi connectivity index (χ2n) is 6.51. The van der Waals surface area contributed by atoms with Gasteiger partial charge in [0.1, 0.15) is 0 Å². The summed E-state index contributed by atoms with van der Waals surface area (Å²) in [5.74, 6) is 2.78. The van der Waals surface area contributed by atoms with Gasteiger partial charge in [-0.1, -0.05) is 35.2 Å². The van der Waals surface area contributed by atoms with Crippen molar-refractivity contribution in [3.8, 4) is 0 Å². The number of halogens is 1. The summed E-state index contributed by atoms with van der Waals surface area (Å²) in [7, 11) is -0.216. The average molecular weight is 315 g/mol. The third kappa shape index (κ3) is 3.02. The van der Waals surface area contributed by atoms with E-state index in [2.05, 4.69) is 49.6 Å². The molecule has 0 amide bonds. The van der Waals surface area contributed by atoms with Crippen LogP contribution in [0, 0.1) is 5.92 Å². The monoisotopic (exact) mass is 314 g/mol. The molecule has 0 unspecified atom stereocenters. The van der Waals surface area contributed by atoms with Crippen LogP contribution in [0.3, 0.4) is 0 Å². The summed E-state index contributed by atoms with van der Waals surface area (Å²) in [5, 5.41) is 0. The molecule has 0 radical (unpaired) electrons. The zero-order chi connectivity index (χ0) is 13.4. The van der Waals surface area contributed by atoms with Crippen molar-refractivity contribution in [3.05, 3.63) is 10.5 Å². The lowest BCUT2D eigenvalue weighted by Crippen LogP contribution is -2.41. The molecule has 0 N–H and O–H groups in total. The minimum absolute atomic E-state index is 0.216. The second-order valence-corrected chi connectivity index (χ2v) is 7.43. The van der Waals surface area contributed by atoms with E-state index < -0.39 is 0 Å². The fourth-order valence-corrected chi connectivity index (χ4v) is 3.27. The van der Waals surface area contributed by atoms with Crippen molar-refractivity contribution >= 4 is 23.0 Å². The largest absolute Gasteiger partial charge is 0.487 e. The molecule has 18 heavy (non-hydrogen) atoms. The summed E-state index contributed by atoms with van der Waals surface area (Å²) in [4.78, 5) is 0. The van der Waals surface area contributed by atoms with Gasteiger partial charge in [-0.25, -0.2) is 0 Å². The van der Waals surface area contributed by atoms with Gasteiger partial charge >= 0.3 is 7.12 Å². The Morgan fingerprint density at radius 1 is 1.06 bits per heavy atom. The van der Waals surface area contributed by atoms with Gasteiger partial charge in [-0.2, -0.15) is 0 Å². The minimum Gasteiger partial charge on any atom is -0.400 e. The van der Waals surface area contributed by atoms with Gasteiger partial charge in [0.25, 0.3) is 0 Å². The third-order valence-electron chi connectivity index (χ3n) is 4.56. The molecule has 4 heteroatoms. The molecule has 0 bridgehead atoms. The summed E-state index contributed by atoms with van der Waals surface area (Å²) >= 11 is 3.73. The van der Waals surface area contributed by atoms with Crippen LogP contribution in [0.25, 0.3) is 0 Å². The Labute approximate surface area is 120 Å². The van der Waals surface area contributed by atoms with Crippen molar-refractivity contribution in [2.24, 2.45) is 5.92 Å². The lowest BCUT2D eigenvalue weighted by atomic mass is 9.83. The van der Waals surface area contributed by atoms with Crippen molar-refractivity contribution in [1.29, 1.82) is 0 Å². The first-order valence-corrected chi connectivity index (χ1v) is 7.84. The molecule has 1 aliphatic carbocycles. The summed E-state index contributed by atoms with van der Waals surface area (Å²) in [5.41, 5.74) is -0.484. The highest BCUT2D eigenvalue weighted by Crippen LogP contribution is 2.39. The Morgan fingerprint density at radius 2 is 1.56 bits per heavy atom. The van der Waals surface area contributed by atoms with E-state index in [1.165, 1.54) is 36.6 Å². The van der Waals surface area contributed by atoms with Crippen LogP contribution in [0.15, 0.2) is 10.5 Å².